The van der Waals surface area contributed by atoms with Crippen molar-refractivity contribution in [2.24, 2.45) is 0 Å². The summed E-state index contributed by atoms with van der Waals surface area (Å²) in [5.74, 6) is -0.263. The number of hydrogen-bond acceptors (Lipinski definition) is 6. The lowest BCUT2D eigenvalue weighted by atomic mass is 9.96. The number of pyridine rings is 1. The van der Waals surface area contributed by atoms with Crippen LogP contribution in [0.4, 0.5) is 0 Å². The van der Waals surface area contributed by atoms with E-state index < -0.39 is 6.10 Å². The Morgan fingerprint density at radius 2 is 2.07 bits per heavy atom. The highest BCUT2D eigenvalue weighted by molar-refractivity contribution is 5.94. The van der Waals surface area contributed by atoms with Gasteiger partial charge in [-0.15, -0.1) is 0 Å². The number of aliphatic hydroxyl groups is 1. The van der Waals surface area contributed by atoms with Crippen LogP contribution in [0.25, 0.3) is 0 Å². The fraction of sp³-hybridized carbons (Fsp3) is 0.667. The number of amides is 2. The Morgan fingerprint density at radius 1 is 1.24 bits per heavy atom. The van der Waals surface area contributed by atoms with E-state index in [4.69, 9.17) is 4.74 Å². The van der Waals surface area contributed by atoms with Crippen molar-refractivity contribution in [3.63, 3.8) is 0 Å². The van der Waals surface area contributed by atoms with E-state index >= 15 is 0 Å². The van der Waals surface area contributed by atoms with Gasteiger partial charge in [0.2, 0.25) is 5.91 Å². The van der Waals surface area contributed by atoms with E-state index in [1.54, 1.807) is 18.3 Å². The van der Waals surface area contributed by atoms with E-state index in [0.29, 0.717) is 24.9 Å². The van der Waals surface area contributed by atoms with Gasteiger partial charge >= 0.3 is 0 Å². The third-order valence-electron chi connectivity index (χ3n) is 5.65. The Bertz CT molecular complexity index is 651. The molecule has 8 nitrogen and oxygen atoms in total. The fourth-order valence-electron chi connectivity index (χ4n) is 4.01. The van der Waals surface area contributed by atoms with Crippen molar-refractivity contribution in [2.45, 2.75) is 56.8 Å². The summed E-state index contributed by atoms with van der Waals surface area (Å²) in [5, 5.41) is 15.6. The second-order valence-electron chi connectivity index (χ2n) is 7.83. The SMILES string of the molecule is O=C(C[C@@H]1CC[C@H](NC(=O)c2cccnc2)[C@H](CO)O1)NCCN1CCCCC1. The summed E-state index contributed by atoms with van der Waals surface area (Å²) in [6.07, 6.45) is 7.73. The highest BCUT2D eigenvalue weighted by Gasteiger charge is 2.33. The lowest BCUT2D eigenvalue weighted by Crippen LogP contribution is -2.51. The first-order valence-electron chi connectivity index (χ1n) is 10.6. The summed E-state index contributed by atoms with van der Waals surface area (Å²) in [6, 6.07) is 3.11. The van der Waals surface area contributed by atoms with E-state index in [2.05, 4.69) is 20.5 Å². The number of ether oxygens (including phenoxy) is 1. The Balaban J connectivity index is 1.39. The summed E-state index contributed by atoms with van der Waals surface area (Å²) >= 11 is 0. The zero-order valence-corrected chi connectivity index (χ0v) is 16.9. The molecule has 2 fully saturated rings. The second-order valence-corrected chi connectivity index (χ2v) is 7.83. The molecule has 29 heavy (non-hydrogen) atoms. The minimum Gasteiger partial charge on any atom is -0.394 e. The monoisotopic (exact) mass is 404 g/mol. The first-order valence-corrected chi connectivity index (χ1v) is 10.6. The molecule has 0 aromatic carbocycles. The van der Waals surface area contributed by atoms with Gasteiger partial charge < -0.3 is 25.4 Å². The van der Waals surface area contributed by atoms with Gasteiger partial charge in [-0.1, -0.05) is 6.42 Å². The maximum atomic E-state index is 12.3. The van der Waals surface area contributed by atoms with Crippen LogP contribution in [0.2, 0.25) is 0 Å². The maximum Gasteiger partial charge on any atom is 0.253 e. The van der Waals surface area contributed by atoms with Gasteiger partial charge in [-0.3, -0.25) is 14.6 Å². The van der Waals surface area contributed by atoms with Gasteiger partial charge in [-0.05, 0) is 50.9 Å². The molecular weight excluding hydrogens is 372 g/mol. The first-order chi connectivity index (χ1) is 14.2. The molecule has 0 bridgehead atoms. The Hall–Kier alpha value is -2.03. The average Bonchev–Trinajstić information content (AvgIpc) is 2.76. The molecule has 3 atom stereocenters. The third kappa shape index (κ3) is 6.76. The fourth-order valence-corrected chi connectivity index (χ4v) is 4.01. The highest BCUT2D eigenvalue weighted by Crippen LogP contribution is 2.22. The molecule has 0 radical (unpaired) electrons. The number of aromatic nitrogens is 1. The summed E-state index contributed by atoms with van der Waals surface area (Å²) in [4.78, 5) is 30.9. The number of rotatable bonds is 8. The van der Waals surface area contributed by atoms with Crippen LogP contribution in [-0.2, 0) is 9.53 Å². The van der Waals surface area contributed by atoms with E-state index in [-0.39, 0.29) is 37.0 Å². The molecule has 0 spiro atoms. The van der Waals surface area contributed by atoms with Gasteiger partial charge in [0.25, 0.3) is 5.91 Å². The van der Waals surface area contributed by atoms with Gasteiger partial charge in [-0.25, -0.2) is 0 Å². The molecule has 0 unspecified atom stereocenters. The van der Waals surface area contributed by atoms with Gasteiger partial charge in [0.1, 0.15) is 6.10 Å². The van der Waals surface area contributed by atoms with Crippen LogP contribution in [-0.4, -0.2) is 77.8 Å². The zero-order chi connectivity index (χ0) is 20.5. The zero-order valence-electron chi connectivity index (χ0n) is 16.9. The lowest BCUT2D eigenvalue weighted by molar-refractivity contribution is -0.130. The molecule has 160 valence electrons. The minimum absolute atomic E-state index is 0.0263. The van der Waals surface area contributed by atoms with Gasteiger partial charge in [-0.2, -0.15) is 0 Å². The minimum atomic E-state index is -0.518. The lowest BCUT2D eigenvalue weighted by Gasteiger charge is -2.36. The van der Waals surface area contributed by atoms with Crippen LogP contribution in [0.1, 0.15) is 48.9 Å². The topological polar surface area (TPSA) is 104 Å². The Labute approximate surface area is 172 Å². The molecule has 0 saturated carbocycles. The summed E-state index contributed by atoms with van der Waals surface area (Å²) < 4.78 is 5.90. The molecule has 2 amide bonds. The number of carbonyl (C=O) groups is 2. The van der Waals surface area contributed by atoms with Crippen molar-refractivity contribution in [3.05, 3.63) is 30.1 Å². The number of likely N-dealkylation sites (tertiary alicyclic amines) is 1. The molecule has 3 heterocycles. The van der Waals surface area contributed by atoms with Crippen molar-refractivity contribution in [1.29, 1.82) is 0 Å². The number of nitrogens with one attached hydrogen (secondary N) is 2. The van der Waals surface area contributed by atoms with Gasteiger partial charge in [0.05, 0.1) is 30.7 Å². The van der Waals surface area contributed by atoms with Crippen molar-refractivity contribution >= 4 is 11.8 Å². The molecule has 2 aliphatic heterocycles. The number of piperidine rings is 1. The smallest absolute Gasteiger partial charge is 0.253 e. The maximum absolute atomic E-state index is 12.3. The molecule has 1 aromatic heterocycles. The van der Waals surface area contributed by atoms with E-state index in [0.717, 1.165) is 19.6 Å². The summed E-state index contributed by atoms with van der Waals surface area (Å²) in [7, 11) is 0. The molecule has 3 rings (SSSR count). The van der Waals surface area contributed by atoms with Crippen LogP contribution in [0, 0.1) is 0 Å². The third-order valence-corrected chi connectivity index (χ3v) is 5.65. The van der Waals surface area contributed by atoms with Gasteiger partial charge in [0.15, 0.2) is 0 Å². The predicted octanol–water partition coefficient (Wildman–Crippen LogP) is 0.712. The van der Waals surface area contributed by atoms with Crippen LogP contribution >= 0.6 is 0 Å². The average molecular weight is 405 g/mol. The summed E-state index contributed by atoms with van der Waals surface area (Å²) in [6.45, 7) is 3.57. The number of carbonyl (C=O) groups excluding carboxylic acids is 2. The second kappa shape index (κ2) is 11.2. The number of nitrogens with zero attached hydrogens (tertiary/aromatic N) is 2. The summed E-state index contributed by atoms with van der Waals surface area (Å²) in [5.41, 5.74) is 0.472. The quantitative estimate of drug-likeness (QED) is 0.590. The molecule has 0 aliphatic carbocycles. The van der Waals surface area contributed by atoms with Crippen molar-refractivity contribution in [2.75, 3.05) is 32.8 Å². The van der Waals surface area contributed by atoms with Crippen LogP contribution < -0.4 is 10.6 Å². The Morgan fingerprint density at radius 3 is 2.79 bits per heavy atom. The van der Waals surface area contributed by atoms with Crippen LogP contribution in [0.3, 0.4) is 0 Å². The largest absolute Gasteiger partial charge is 0.394 e. The van der Waals surface area contributed by atoms with E-state index in [1.807, 2.05) is 0 Å². The van der Waals surface area contributed by atoms with E-state index in [9.17, 15) is 14.7 Å². The highest BCUT2D eigenvalue weighted by atomic mass is 16.5. The molecule has 2 saturated heterocycles. The molecule has 1 aromatic rings. The van der Waals surface area contributed by atoms with Crippen molar-refractivity contribution < 1.29 is 19.4 Å². The molecular formula is C21H32N4O4. The standard InChI is InChI=1S/C21H32N4O4/c26-15-19-18(24-21(28)16-5-4-8-22-14-16)7-6-17(29-19)13-20(27)23-9-12-25-10-2-1-3-11-25/h4-5,8,14,17-19,26H,1-3,6-7,9-13,15H2,(H,23,27)(H,24,28)/t17-,18-,19-/m0/s1. The number of hydrogen-bond donors (Lipinski definition) is 3. The van der Waals surface area contributed by atoms with Crippen molar-refractivity contribution in [3.8, 4) is 0 Å². The van der Waals surface area contributed by atoms with E-state index in [1.165, 1.54) is 25.5 Å². The van der Waals surface area contributed by atoms with Crippen LogP contribution in [0.5, 0.6) is 0 Å². The first kappa shape index (κ1) is 21.7. The van der Waals surface area contributed by atoms with Crippen molar-refractivity contribution in [1.82, 2.24) is 20.5 Å². The molecule has 3 N–H and O–H groups in total. The molecule has 2 aliphatic rings. The van der Waals surface area contributed by atoms with Crippen LogP contribution in [0.15, 0.2) is 24.5 Å². The predicted molar refractivity (Wildman–Crippen MR) is 108 cm³/mol. The normalized spacial score (nSPS) is 25.3. The molecule has 8 heteroatoms. The Kier molecular flexibility index (Phi) is 8.39. The van der Waals surface area contributed by atoms with Gasteiger partial charge in [0, 0.05) is 25.5 Å². The number of aliphatic hydroxyl groups excluding tert-OH is 1.